The molecule has 0 saturated carbocycles. The van der Waals surface area contributed by atoms with Gasteiger partial charge in [-0.15, -0.1) is 0 Å². The Morgan fingerprint density at radius 1 is 1.00 bits per heavy atom. The SMILES string of the molecule is COc1cc(CNC(=O)N[C@@H](C)c2ccc3c(c2)OCCO3)cc(OC)c1OC. The largest absolute Gasteiger partial charge is 0.493 e. The summed E-state index contributed by atoms with van der Waals surface area (Å²) in [4.78, 5) is 12.4. The van der Waals surface area contributed by atoms with Crippen LogP contribution in [0.5, 0.6) is 28.7 Å². The molecule has 0 spiro atoms. The van der Waals surface area contributed by atoms with Gasteiger partial charge >= 0.3 is 6.03 Å². The average molecular weight is 402 g/mol. The van der Waals surface area contributed by atoms with Gasteiger partial charge in [0.05, 0.1) is 27.4 Å². The van der Waals surface area contributed by atoms with Gasteiger partial charge in [-0.2, -0.15) is 0 Å². The standard InChI is InChI=1S/C21H26N2O6/c1-13(15-5-6-16-17(11-15)29-8-7-28-16)23-21(24)22-12-14-9-18(25-2)20(27-4)19(10-14)26-3/h5-6,9-11,13H,7-8,12H2,1-4H3,(H2,22,23,24)/t13-/m0/s1. The third kappa shape index (κ3) is 4.77. The van der Waals surface area contributed by atoms with Crippen molar-refractivity contribution in [3.05, 3.63) is 41.5 Å². The number of carbonyl (C=O) groups is 1. The summed E-state index contributed by atoms with van der Waals surface area (Å²) in [5.74, 6) is 3.00. The molecule has 0 unspecified atom stereocenters. The predicted octanol–water partition coefficient (Wildman–Crippen LogP) is 3.04. The summed E-state index contributed by atoms with van der Waals surface area (Å²) < 4.78 is 27.1. The van der Waals surface area contributed by atoms with E-state index in [2.05, 4.69) is 10.6 Å². The second-order valence-electron chi connectivity index (χ2n) is 6.49. The quantitative estimate of drug-likeness (QED) is 0.740. The summed E-state index contributed by atoms with van der Waals surface area (Å²) in [5, 5.41) is 5.76. The molecule has 1 atom stereocenters. The molecule has 2 aromatic carbocycles. The molecule has 8 nitrogen and oxygen atoms in total. The first-order chi connectivity index (χ1) is 14.0. The molecule has 1 heterocycles. The zero-order chi connectivity index (χ0) is 20.8. The molecule has 0 aromatic heterocycles. The van der Waals surface area contributed by atoms with Crippen molar-refractivity contribution in [2.45, 2.75) is 19.5 Å². The molecule has 2 N–H and O–H groups in total. The van der Waals surface area contributed by atoms with Crippen molar-refractivity contribution < 1.29 is 28.5 Å². The summed E-state index contributed by atoms with van der Waals surface area (Å²) in [6.07, 6.45) is 0. The number of fused-ring (bicyclic) bond motifs is 1. The number of hydrogen-bond donors (Lipinski definition) is 2. The van der Waals surface area contributed by atoms with Crippen LogP contribution in [0.2, 0.25) is 0 Å². The molecule has 1 aliphatic rings. The normalized spacial score (nSPS) is 13.2. The van der Waals surface area contributed by atoms with Gasteiger partial charge in [-0.05, 0) is 42.3 Å². The molecule has 0 bridgehead atoms. The van der Waals surface area contributed by atoms with Crippen LogP contribution in [0.15, 0.2) is 30.3 Å². The highest BCUT2D eigenvalue weighted by atomic mass is 16.6. The highest BCUT2D eigenvalue weighted by Crippen LogP contribution is 2.38. The molecule has 156 valence electrons. The maximum Gasteiger partial charge on any atom is 0.315 e. The van der Waals surface area contributed by atoms with Gasteiger partial charge in [0.25, 0.3) is 0 Å². The van der Waals surface area contributed by atoms with Crippen LogP contribution >= 0.6 is 0 Å². The number of rotatable bonds is 7. The molecule has 3 rings (SSSR count). The van der Waals surface area contributed by atoms with Gasteiger partial charge in [-0.25, -0.2) is 4.79 Å². The summed E-state index contributed by atoms with van der Waals surface area (Å²) in [5.41, 5.74) is 1.75. The first kappa shape index (κ1) is 20.4. The number of carbonyl (C=O) groups excluding carboxylic acids is 1. The Bertz CT molecular complexity index is 845. The van der Waals surface area contributed by atoms with Crippen LogP contribution in [-0.4, -0.2) is 40.6 Å². The topological polar surface area (TPSA) is 87.3 Å². The van der Waals surface area contributed by atoms with E-state index < -0.39 is 0 Å². The number of hydrogen-bond acceptors (Lipinski definition) is 6. The lowest BCUT2D eigenvalue weighted by molar-refractivity contribution is 0.171. The third-order valence-corrected chi connectivity index (χ3v) is 4.59. The molecular formula is C21H26N2O6. The van der Waals surface area contributed by atoms with Gasteiger partial charge in [0.2, 0.25) is 5.75 Å². The molecule has 2 aromatic rings. The van der Waals surface area contributed by atoms with E-state index >= 15 is 0 Å². The smallest absolute Gasteiger partial charge is 0.315 e. The summed E-state index contributed by atoms with van der Waals surface area (Å²) >= 11 is 0. The Hall–Kier alpha value is -3.29. The van der Waals surface area contributed by atoms with E-state index in [0.717, 1.165) is 16.9 Å². The minimum absolute atomic E-state index is 0.203. The predicted molar refractivity (Wildman–Crippen MR) is 107 cm³/mol. The van der Waals surface area contributed by atoms with Crippen molar-refractivity contribution in [1.29, 1.82) is 0 Å². The van der Waals surface area contributed by atoms with E-state index in [-0.39, 0.29) is 12.1 Å². The fourth-order valence-corrected chi connectivity index (χ4v) is 3.08. The van der Waals surface area contributed by atoms with Gasteiger partial charge in [-0.1, -0.05) is 6.07 Å². The second-order valence-corrected chi connectivity index (χ2v) is 6.49. The van der Waals surface area contributed by atoms with Crippen molar-refractivity contribution in [3.8, 4) is 28.7 Å². The van der Waals surface area contributed by atoms with E-state index in [9.17, 15) is 4.79 Å². The number of methoxy groups -OCH3 is 3. The molecule has 29 heavy (non-hydrogen) atoms. The first-order valence-electron chi connectivity index (χ1n) is 9.28. The maximum atomic E-state index is 12.4. The Morgan fingerprint density at radius 2 is 1.66 bits per heavy atom. The lowest BCUT2D eigenvalue weighted by atomic mass is 10.1. The number of benzene rings is 2. The second kappa shape index (κ2) is 9.27. The van der Waals surface area contributed by atoms with Crippen molar-refractivity contribution in [3.63, 3.8) is 0 Å². The van der Waals surface area contributed by atoms with Crippen LogP contribution in [0.4, 0.5) is 4.79 Å². The minimum Gasteiger partial charge on any atom is -0.493 e. The number of urea groups is 1. The third-order valence-electron chi connectivity index (χ3n) is 4.59. The molecule has 2 amide bonds. The van der Waals surface area contributed by atoms with Gasteiger partial charge in [0, 0.05) is 6.54 Å². The van der Waals surface area contributed by atoms with Crippen molar-refractivity contribution in [1.82, 2.24) is 10.6 Å². The first-order valence-corrected chi connectivity index (χ1v) is 9.28. The monoisotopic (exact) mass is 402 g/mol. The summed E-state index contributed by atoms with van der Waals surface area (Å²) in [6.45, 7) is 3.28. The fourth-order valence-electron chi connectivity index (χ4n) is 3.08. The molecule has 0 aliphatic carbocycles. The van der Waals surface area contributed by atoms with E-state index in [0.29, 0.717) is 42.8 Å². The Balaban J connectivity index is 1.61. The van der Waals surface area contributed by atoms with E-state index in [1.54, 1.807) is 33.5 Å². The van der Waals surface area contributed by atoms with Gasteiger partial charge < -0.3 is 34.3 Å². The summed E-state index contributed by atoms with van der Waals surface area (Å²) in [7, 11) is 4.65. The van der Waals surface area contributed by atoms with Crippen LogP contribution in [0.25, 0.3) is 0 Å². The molecule has 0 radical (unpaired) electrons. The van der Waals surface area contributed by atoms with E-state index in [1.807, 2.05) is 25.1 Å². The van der Waals surface area contributed by atoms with Crippen molar-refractivity contribution in [2.75, 3.05) is 34.5 Å². The Morgan fingerprint density at radius 3 is 2.28 bits per heavy atom. The lowest BCUT2D eigenvalue weighted by Gasteiger charge is -2.21. The van der Waals surface area contributed by atoms with Crippen LogP contribution in [-0.2, 0) is 6.54 Å². The number of amides is 2. The van der Waals surface area contributed by atoms with Crippen LogP contribution in [0.1, 0.15) is 24.1 Å². The van der Waals surface area contributed by atoms with Crippen molar-refractivity contribution >= 4 is 6.03 Å². The van der Waals surface area contributed by atoms with Crippen molar-refractivity contribution in [2.24, 2.45) is 0 Å². The van der Waals surface area contributed by atoms with Crippen LogP contribution in [0.3, 0.4) is 0 Å². The van der Waals surface area contributed by atoms with E-state index in [4.69, 9.17) is 23.7 Å². The van der Waals surface area contributed by atoms with Gasteiger partial charge in [0.1, 0.15) is 13.2 Å². The minimum atomic E-state index is -0.291. The molecular weight excluding hydrogens is 376 g/mol. The maximum absolute atomic E-state index is 12.4. The van der Waals surface area contributed by atoms with Crippen LogP contribution in [0, 0.1) is 0 Å². The highest BCUT2D eigenvalue weighted by Gasteiger charge is 2.17. The zero-order valence-corrected chi connectivity index (χ0v) is 17.0. The zero-order valence-electron chi connectivity index (χ0n) is 17.0. The van der Waals surface area contributed by atoms with E-state index in [1.165, 1.54) is 0 Å². The molecule has 8 heteroatoms. The Labute approximate surface area is 170 Å². The highest BCUT2D eigenvalue weighted by molar-refractivity contribution is 5.74. The van der Waals surface area contributed by atoms with Gasteiger partial charge in [0.15, 0.2) is 23.0 Å². The number of ether oxygens (including phenoxy) is 5. The number of nitrogens with one attached hydrogen (secondary N) is 2. The lowest BCUT2D eigenvalue weighted by Crippen LogP contribution is -2.36. The molecule has 1 aliphatic heterocycles. The molecule has 0 saturated heterocycles. The Kier molecular flexibility index (Phi) is 6.54. The van der Waals surface area contributed by atoms with Crippen LogP contribution < -0.4 is 34.3 Å². The average Bonchev–Trinajstić information content (AvgIpc) is 2.76. The summed E-state index contributed by atoms with van der Waals surface area (Å²) in [6, 6.07) is 8.76. The molecule has 0 fully saturated rings. The fraction of sp³-hybridized carbons (Fsp3) is 0.381. The van der Waals surface area contributed by atoms with Gasteiger partial charge in [-0.3, -0.25) is 0 Å².